The Morgan fingerprint density at radius 2 is 1.88 bits per heavy atom. The quantitative estimate of drug-likeness (QED) is 0.625. The number of non-ortho nitro benzene ring substituents is 1. The Morgan fingerprint density at radius 1 is 1.20 bits per heavy atom. The number of nitrogens with one attached hydrogen (secondary N) is 1. The van der Waals surface area contributed by atoms with E-state index in [1.54, 1.807) is 18.2 Å². The summed E-state index contributed by atoms with van der Waals surface area (Å²) >= 11 is 0. The number of nitrogens with zero attached hydrogens (tertiary/aromatic N) is 2. The first kappa shape index (κ1) is 18.4. The highest BCUT2D eigenvalue weighted by Gasteiger charge is 2.22. The van der Waals surface area contributed by atoms with Gasteiger partial charge in [0.2, 0.25) is 15.9 Å². The van der Waals surface area contributed by atoms with Crippen molar-refractivity contribution in [1.82, 2.24) is 0 Å². The van der Waals surface area contributed by atoms with Gasteiger partial charge >= 0.3 is 0 Å². The molecule has 0 aliphatic heterocycles. The van der Waals surface area contributed by atoms with Crippen molar-refractivity contribution in [2.75, 3.05) is 22.4 Å². The second kappa shape index (κ2) is 7.31. The van der Waals surface area contributed by atoms with Gasteiger partial charge in [-0.1, -0.05) is 18.2 Å². The molecular weight excluding hydrogens is 346 g/mol. The standard InChI is InChI=1S/C16H17N3O5S/c1-12-5-3-6-13(9-12)17-16(20)11-18(25(2,23)24)14-7-4-8-15(10-14)19(21)22/h3-10H,11H2,1-2H3,(H,17,20). The molecule has 0 heterocycles. The fourth-order valence-electron chi connectivity index (χ4n) is 2.22. The normalized spacial score (nSPS) is 11.0. The Labute approximate surface area is 145 Å². The lowest BCUT2D eigenvalue weighted by molar-refractivity contribution is -0.384. The lowest BCUT2D eigenvalue weighted by atomic mass is 10.2. The van der Waals surface area contributed by atoms with Crippen LogP contribution in [0.2, 0.25) is 0 Å². The maximum absolute atomic E-state index is 12.2. The number of hydrogen-bond donors (Lipinski definition) is 1. The van der Waals surface area contributed by atoms with Crippen molar-refractivity contribution in [3.05, 3.63) is 64.2 Å². The summed E-state index contributed by atoms with van der Waals surface area (Å²) in [5.41, 5.74) is 1.27. The average molecular weight is 363 g/mol. The van der Waals surface area contributed by atoms with E-state index in [2.05, 4.69) is 5.32 Å². The number of benzene rings is 2. The van der Waals surface area contributed by atoms with E-state index >= 15 is 0 Å². The van der Waals surface area contributed by atoms with E-state index in [4.69, 9.17) is 0 Å². The third-order valence-electron chi connectivity index (χ3n) is 3.32. The predicted octanol–water partition coefficient (Wildman–Crippen LogP) is 2.31. The van der Waals surface area contributed by atoms with Crippen LogP contribution in [-0.2, 0) is 14.8 Å². The van der Waals surface area contributed by atoms with E-state index in [0.717, 1.165) is 22.2 Å². The molecule has 0 radical (unpaired) electrons. The molecule has 0 saturated heterocycles. The van der Waals surface area contributed by atoms with Crippen molar-refractivity contribution in [2.24, 2.45) is 0 Å². The molecule has 2 aromatic carbocycles. The van der Waals surface area contributed by atoms with Gasteiger partial charge in [-0.3, -0.25) is 19.2 Å². The van der Waals surface area contributed by atoms with Crippen molar-refractivity contribution in [2.45, 2.75) is 6.92 Å². The minimum absolute atomic E-state index is 0.0519. The van der Waals surface area contributed by atoms with Crippen LogP contribution < -0.4 is 9.62 Å². The summed E-state index contributed by atoms with van der Waals surface area (Å²) in [6.45, 7) is 1.37. The summed E-state index contributed by atoms with van der Waals surface area (Å²) < 4.78 is 24.9. The molecule has 25 heavy (non-hydrogen) atoms. The van der Waals surface area contributed by atoms with Crippen LogP contribution in [0.5, 0.6) is 0 Å². The van der Waals surface area contributed by atoms with Crippen molar-refractivity contribution in [3.63, 3.8) is 0 Å². The Balaban J connectivity index is 2.25. The molecular formula is C16H17N3O5S. The average Bonchev–Trinajstić information content (AvgIpc) is 2.51. The first-order valence-electron chi connectivity index (χ1n) is 7.25. The van der Waals surface area contributed by atoms with Crippen LogP contribution >= 0.6 is 0 Å². The van der Waals surface area contributed by atoms with Gasteiger partial charge in [0.1, 0.15) is 6.54 Å². The summed E-state index contributed by atoms with van der Waals surface area (Å²) in [5, 5.41) is 13.5. The van der Waals surface area contributed by atoms with E-state index in [1.165, 1.54) is 18.2 Å². The third kappa shape index (κ3) is 5.01. The Morgan fingerprint density at radius 3 is 2.48 bits per heavy atom. The number of nitro groups is 1. The number of carbonyl (C=O) groups excluding carboxylic acids is 1. The van der Waals surface area contributed by atoms with E-state index in [9.17, 15) is 23.3 Å². The minimum atomic E-state index is -3.81. The molecule has 0 unspecified atom stereocenters. The molecule has 1 N–H and O–H groups in total. The molecule has 0 bridgehead atoms. The van der Waals surface area contributed by atoms with Crippen LogP contribution in [-0.4, -0.2) is 32.0 Å². The van der Waals surface area contributed by atoms with Crippen molar-refractivity contribution < 1.29 is 18.1 Å². The third-order valence-corrected chi connectivity index (χ3v) is 4.46. The second-order valence-electron chi connectivity index (χ2n) is 5.46. The SMILES string of the molecule is Cc1cccc(NC(=O)CN(c2cccc([N+](=O)[O-])c2)S(C)(=O)=O)c1. The second-order valence-corrected chi connectivity index (χ2v) is 7.37. The molecule has 2 aromatic rings. The monoisotopic (exact) mass is 363 g/mol. The van der Waals surface area contributed by atoms with Crippen LogP contribution in [0.4, 0.5) is 17.1 Å². The molecule has 0 aromatic heterocycles. The van der Waals surface area contributed by atoms with E-state index < -0.39 is 27.4 Å². The zero-order valence-electron chi connectivity index (χ0n) is 13.7. The van der Waals surface area contributed by atoms with Crippen LogP contribution in [0.1, 0.15) is 5.56 Å². The smallest absolute Gasteiger partial charge is 0.271 e. The van der Waals surface area contributed by atoms with Gasteiger partial charge in [-0.05, 0) is 30.7 Å². The number of nitro benzene ring substituents is 1. The topological polar surface area (TPSA) is 110 Å². The summed E-state index contributed by atoms with van der Waals surface area (Å²) in [7, 11) is -3.81. The molecule has 0 aliphatic carbocycles. The van der Waals surface area contributed by atoms with Crippen molar-refractivity contribution >= 4 is 33.0 Å². The molecule has 1 amide bonds. The molecule has 2 rings (SSSR count). The maximum Gasteiger partial charge on any atom is 0.271 e. The highest BCUT2D eigenvalue weighted by molar-refractivity contribution is 7.92. The van der Waals surface area contributed by atoms with Gasteiger partial charge in [0.15, 0.2) is 0 Å². The van der Waals surface area contributed by atoms with E-state index in [1.807, 2.05) is 13.0 Å². The Hall–Kier alpha value is -2.94. The van der Waals surface area contributed by atoms with Gasteiger partial charge in [0.05, 0.1) is 16.9 Å². The van der Waals surface area contributed by atoms with Crippen molar-refractivity contribution in [3.8, 4) is 0 Å². The molecule has 8 nitrogen and oxygen atoms in total. The fraction of sp³-hybridized carbons (Fsp3) is 0.188. The van der Waals surface area contributed by atoms with Crippen LogP contribution in [0.15, 0.2) is 48.5 Å². The number of hydrogen-bond acceptors (Lipinski definition) is 5. The van der Waals surface area contributed by atoms with Gasteiger partial charge in [-0.25, -0.2) is 8.42 Å². The Kier molecular flexibility index (Phi) is 5.38. The number of carbonyl (C=O) groups is 1. The molecule has 132 valence electrons. The van der Waals surface area contributed by atoms with Gasteiger partial charge in [0.25, 0.3) is 5.69 Å². The lowest BCUT2D eigenvalue weighted by Gasteiger charge is -2.21. The summed E-state index contributed by atoms with van der Waals surface area (Å²) in [6.07, 6.45) is 0.936. The number of aryl methyl sites for hydroxylation is 1. The molecule has 9 heteroatoms. The van der Waals surface area contributed by atoms with Gasteiger partial charge in [-0.2, -0.15) is 0 Å². The first-order chi connectivity index (χ1) is 11.7. The van der Waals surface area contributed by atoms with E-state index in [0.29, 0.717) is 5.69 Å². The summed E-state index contributed by atoms with van der Waals surface area (Å²) in [4.78, 5) is 22.5. The Bertz CT molecular complexity index is 911. The highest BCUT2D eigenvalue weighted by atomic mass is 32.2. The molecule has 0 atom stereocenters. The number of anilines is 2. The number of amides is 1. The molecule has 0 aliphatic rings. The molecule has 0 saturated carbocycles. The summed E-state index contributed by atoms with van der Waals surface area (Å²) in [6, 6.07) is 12.2. The highest BCUT2D eigenvalue weighted by Crippen LogP contribution is 2.23. The largest absolute Gasteiger partial charge is 0.325 e. The molecule has 0 fully saturated rings. The number of sulfonamides is 1. The first-order valence-corrected chi connectivity index (χ1v) is 9.10. The zero-order chi connectivity index (χ0) is 18.6. The van der Waals surface area contributed by atoms with Crippen LogP contribution in [0.3, 0.4) is 0 Å². The fourth-order valence-corrected chi connectivity index (χ4v) is 3.06. The predicted molar refractivity (Wildman–Crippen MR) is 95.1 cm³/mol. The van der Waals surface area contributed by atoms with Gasteiger partial charge in [-0.15, -0.1) is 0 Å². The molecule has 0 spiro atoms. The summed E-state index contributed by atoms with van der Waals surface area (Å²) in [5.74, 6) is -0.553. The zero-order valence-corrected chi connectivity index (χ0v) is 14.5. The maximum atomic E-state index is 12.2. The van der Waals surface area contributed by atoms with Crippen LogP contribution in [0.25, 0.3) is 0 Å². The van der Waals surface area contributed by atoms with E-state index in [-0.39, 0.29) is 11.4 Å². The van der Waals surface area contributed by atoms with Crippen molar-refractivity contribution in [1.29, 1.82) is 0 Å². The minimum Gasteiger partial charge on any atom is -0.325 e. The lowest BCUT2D eigenvalue weighted by Crippen LogP contribution is -2.37. The van der Waals surface area contributed by atoms with Crippen LogP contribution in [0, 0.1) is 17.0 Å². The van der Waals surface area contributed by atoms with Gasteiger partial charge < -0.3 is 5.32 Å². The number of rotatable bonds is 6. The van der Waals surface area contributed by atoms with Gasteiger partial charge in [0, 0.05) is 17.8 Å².